The summed E-state index contributed by atoms with van der Waals surface area (Å²) in [4.78, 5) is 2.52. The van der Waals surface area contributed by atoms with Crippen molar-refractivity contribution in [1.29, 1.82) is 0 Å². The van der Waals surface area contributed by atoms with E-state index >= 15 is 0 Å². The highest BCUT2D eigenvalue weighted by atomic mass is 32.2. The Labute approximate surface area is 203 Å². The van der Waals surface area contributed by atoms with Crippen molar-refractivity contribution in [2.75, 3.05) is 40.5 Å². The monoisotopic (exact) mass is 482 g/mol. The van der Waals surface area contributed by atoms with Crippen molar-refractivity contribution in [2.24, 2.45) is 0 Å². The summed E-state index contributed by atoms with van der Waals surface area (Å²) in [7, 11) is -0.321. The van der Waals surface area contributed by atoms with Crippen LogP contribution in [0.25, 0.3) is 0 Å². The van der Waals surface area contributed by atoms with Gasteiger partial charge in [0, 0.05) is 46.9 Å². The zero-order valence-electron chi connectivity index (χ0n) is 20.0. The van der Waals surface area contributed by atoms with E-state index in [2.05, 4.69) is 4.90 Å². The third-order valence-corrected chi connectivity index (χ3v) is 7.40. The molecule has 0 heterocycles. The van der Waals surface area contributed by atoms with Gasteiger partial charge in [-0.05, 0) is 28.8 Å². The summed E-state index contributed by atoms with van der Waals surface area (Å²) in [6.07, 6.45) is 0. The third-order valence-electron chi connectivity index (χ3n) is 5.59. The molecule has 0 amide bonds. The largest absolute Gasteiger partial charge is 0.383 e. The van der Waals surface area contributed by atoms with Gasteiger partial charge in [0.25, 0.3) is 0 Å². The molecule has 0 fully saturated rings. The lowest BCUT2D eigenvalue weighted by Gasteiger charge is -2.24. The molecule has 3 aromatic rings. The number of rotatable bonds is 14. The molecule has 0 unspecified atom stereocenters. The van der Waals surface area contributed by atoms with Crippen molar-refractivity contribution < 1.29 is 17.9 Å². The van der Waals surface area contributed by atoms with Crippen LogP contribution < -0.4 is 0 Å². The van der Waals surface area contributed by atoms with Crippen molar-refractivity contribution in [3.05, 3.63) is 102 Å². The molecule has 34 heavy (non-hydrogen) atoms. The topological polar surface area (TPSA) is 59.1 Å². The summed E-state index contributed by atoms with van der Waals surface area (Å²) in [6.45, 7) is 4.13. The van der Waals surface area contributed by atoms with Gasteiger partial charge in [-0.2, -0.15) is 4.31 Å². The Hall–Kier alpha value is -2.55. The first-order valence-electron chi connectivity index (χ1n) is 11.4. The summed E-state index contributed by atoms with van der Waals surface area (Å²) >= 11 is 0. The van der Waals surface area contributed by atoms with E-state index in [0.717, 1.165) is 29.8 Å². The first-order valence-corrected chi connectivity index (χ1v) is 12.8. The molecule has 0 aliphatic carbocycles. The summed E-state index contributed by atoms with van der Waals surface area (Å²) in [6, 6.07) is 26.6. The molecule has 0 radical (unpaired) electrons. The van der Waals surface area contributed by atoms with Crippen LogP contribution in [0.5, 0.6) is 0 Å². The first kappa shape index (κ1) is 26.1. The molecule has 0 spiro atoms. The molecule has 3 rings (SSSR count). The predicted molar refractivity (Wildman–Crippen MR) is 135 cm³/mol. The molecular weight excluding hydrogens is 448 g/mol. The number of sulfonamides is 1. The number of benzene rings is 3. The van der Waals surface area contributed by atoms with Gasteiger partial charge >= 0.3 is 0 Å². The number of hydrogen-bond donors (Lipinski definition) is 0. The molecule has 3 aromatic carbocycles. The van der Waals surface area contributed by atoms with Crippen LogP contribution in [0.1, 0.15) is 16.7 Å². The van der Waals surface area contributed by atoms with Crippen LogP contribution in [0.2, 0.25) is 0 Å². The normalized spacial score (nSPS) is 11.9. The summed E-state index contributed by atoms with van der Waals surface area (Å²) in [5.41, 5.74) is 2.94. The fraction of sp³-hybridized carbons (Fsp3) is 0.333. The van der Waals surface area contributed by atoms with Crippen molar-refractivity contribution in [1.82, 2.24) is 9.21 Å². The van der Waals surface area contributed by atoms with Crippen LogP contribution >= 0.6 is 0 Å². The van der Waals surface area contributed by atoms with Crippen LogP contribution in [0.4, 0.5) is 0 Å². The maximum absolute atomic E-state index is 13.6. The van der Waals surface area contributed by atoms with Crippen molar-refractivity contribution in [2.45, 2.75) is 24.5 Å². The van der Waals surface area contributed by atoms with Crippen LogP contribution in [-0.2, 0) is 39.1 Å². The second-order valence-corrected chi connectivity index (χ2v) is 10.1. The van der Waals surface area contributed by atoms with Gasteiger partial charge in [0.15, 0.2) is 0 Å². The molecular formula is C27H34N2O4S. The molecule has 0 aliphatic rings. The average molecular weight is 483 g/mol. The Bertz CT molecular complexity index is 1030. The number of hydrogen-bond acceptors (Lipinski definition) is 5. The smallest absolute Gasteiger partial charge is 0.243 e. The molecule has 0 aliphatic heterocycles. The summed E-state index contributed by atoms with van der Waals surface area (Å²) in [5, 5.41) is 0. The second-order valence-electron chi connectivity index (χ2n) is 8.15. The van der Waals surface area contributed by atoms with Crippen LogP contribution in [-0.4, -0.2) is 58.1 Å². The van der Waals surface area contributed by atoms with Gasteiger partial charge in [-0.3, -0.25) is 4.90 Å². The minimum atomic E-state index is -3.69. The fourth-order valence-corrected chi connectivity index (χ4v) is 5.10. The number of nitrogens with zero attached hydrogens (tertiary/aromatic N) is 2. The molecule has 6 nitrogen and oxygen atoms in total. The van der Waals surface area contributed by atoms with E-state index in [9.17, 15) is 8.42 Å². The Balaban J connectivity index is 1.79. The molecule has 0 N–H and O–H groups in total. The van der Waals surface area contributed by atoms with Crippen LogP contribution in [0.15, 0.2) is 89.8 Å². The lowest BCUT2D eigenvalue weighted by molar-refractivity contribution is 0.110. The Morgan fingerprint density at radius 3 is 1.50 bits per heavy atom. The van der Waals surface area contributed by atoms with E-state index in [0.29, 0.717) is 37.7 Å². The summed E-state index contributed by atoms with van der Waals surface area (Å²) in [5.74, 6) is 0. The van der Waals surface area contributed by atoms with Gasteiger partial charge in [0.1, 0.15) is 0 Å². The van der Waals surface area contributed by atoms with E-state index in [1.807, 2.05) is 72.8 Å². The molecule has 0 saturated carbocycles. The van der Waals surface area contributed by atoms with Gasteiger partial charge in [-0.15, -0.1) is 0 Å². The maximum atomic E-state index is 13.6. The fourth-order valence-electron chi connectivity index (χ4n) is 3.68. The predicted octanol–water partition coefficient (Wildman–Crippen LogP) is 4.17. The quantitative estimate of drug-likeness (QED) is 0.345. The van der Waals surface area contributed by atoms with Crippen molar-refractivity contribution in [3.63, 3.8) is 0 Å². The molecule has 7 heteroatoms. The van der Waals surface area contributed by atoms with Gasteiger partial charge in [0.2, 0.25) is 10.0 Å². The van der Waals surface area contributed by atoms with Gasteiger partial charge < -0.3 is 9.47 Å². The molecule has 0 bridgehead atoms. The molecule has 0 saturated heterocycles. The minimum absolute atomic E-state index is 0.295. The molecule has 0 atom stereocenters. The highest BCUT2D eigenvalue weighted by Gasteiger charge is 2.25. The van der Waals surface area contributed by atoms with Gasteiger partial charge in [-0.25, -0.2) is 8.42 Å². The highest BCUT2D eigenvalue weighted by molar-refractivity contribution is 7.89. The van der Waals surface area contributed by atoms with E-state index in [-0.39, 0.29) is 0 Å². The number of ether oxygens (including phenoxy) is 2. The standard InChI is InChI=1S/C27H34N2O4S/c1-32-19-17-28(18-20-33-2)21-26-13-15-27(16-14-26)34(30,31)29(22-24-9-5-3-6-10-24)23-25-11-7-4-8-12-25/h3-16H,17-23H2,1-2H3. The second kappa shape index (κ2) is 13.4. The highest BCUT2D eigenvalue weighted by Crippen LogP contribution is 2.22. The SMILES string of the molecule is COCCN(CCOC)Cc1ccc(S(=O)(=O)N(Cc2ccccc2)Cc2ccccc2)cc1. The zero-order chi connectivity index (χ0) is 24.2. The van der Waals surface area contributed by atoms with Gasteiger partial charge in [-0.1, -0.05) is 72.8 Å². The number of methoxy groups -OCH3 is 2. The average Bonchev–Trinajstić information content (AvgIpc) is 2.87. The summed E-state index contributed by atoms with van der Waals surface area (Å²) < 4.78 is 39.2. The van der Waals surface area contributed by atoms with Crippen molar-refractivity contribution in [3.8, 4) is 0 Å². The van der Waals surface area contributed by atoms with E-state index < -0.39 is 10.0 Å². The van der Waals surface area contributed by atoms with E-state index in [4.69, 9.17) is 9.47 Å². The van der Waals surface area contributed by atoms with Crippen molar-refractivity contribution >= 4 is 10.0 Å². The zero-order valence-corrected chi connectivity index (χ0v) is 20.8. The lowest BCUT2D eigenvalue weighted by atomic mass is 10.2. The van der Waals surface area contributed by atoms with Crippen LogP contribution in [0, 0.1) is 0 Å². The van der Waals surface area contributed by atoms with E-state index in [1.165, 1.54) is 4.31 Å². The maximum Gasteiger partial charge on any atom is 0.243 e. The third kappa shape index (κ3) is 7.75. The Morgan fingerprint density at radius 1 is 0.618 bits per heavy atom. The van der Waals surface area contributed by atoms with Crippen LogP contribution in [0.3, 0.4) is 0 Å². The Morgan fingerprint density at radius 2 is 1.06 bits per heavy atom. The first-order chi connectivity index (χ1) is 16.5. The lowest BCUT2D eigenvalue weighted by Crippen LogP contribution is -2.31. The minimum Gasteiger partial charge on any atom is -0.383 e. The molecule has 0 aromatic heterocycles. The van der Waals surface area contributed by atoms with E-state index in [1.54, 1.807) is 26.4 Å². The van der Waals surface area contributed by atoms with Gasteiger partial charge in [0.05, 0.1) is 18.1 Å². The Kier molecular flexibility index (Phi) is 10.2. The molecule has 182 valence electrons.